The van der Waals surface area contributed by atoms with Crippen LogP contribution in [-0.2, 0) is 0 Å². The Balaban J connectivity index is 2.29. The summed E-state index contributed by atoms with van der Waals surface area (Å²) in [4.78, 5) is 14.7. The fourth-order valence-corrected chi connectivity index (χ4v) is 2.45. The molecular weight excluding hydrogens is 222 g/mol. The first-order chi connectivity index (χ1) is 7.74. The van der Waals surface area contributed by atoms with E-state index in [0.29, 0.717) is 6.67 Å². The Morgan fingerprint density at radius 1 is 1.44 bits per heavy atom. The Hall–Kier alpha value is -1.20. The number of para-hydroxylation sites is 1. The van der Waals surface area contributed by atoms with Crippen molar-refractivity contribution in [3.63, 3.8) is 0 Å². The minimum Gasteiger partial charge on any atom is -0.277 e. The highest BCUT2D eigenvalue weighted by molar-refractivity contribution is 7.99. The molecule has 2 rings (SSSR count). The number of carbonyl (C=O) groups excluding carboxylic acids is 1. The molecule has 0 atom stereocenters. The summed E-state index contributed by atoms with van der Waals surface area (Å²) in [5.74, 6) is 1.00. The maximum Gasteiger partial charge on any atom is 0.339 e. The molecule has 1 heterocycles. The first kappa shape index (κ1) is 11.3. The third-order valence-electron chi connectivity index (χ3n) is 2.44. The molecular formula is C11H15N3OS. The van der Waals surface area contributed by atoms with Crippen molar-refractivity contribution in [3.05, 3.63) is 24.3 Å². The fourth-order valence-electron chi connectivity index (χ4n) is 1.64. The summed E-state index contributed by atoms with van der Waals surface area (Å²) < 4.78 is 0. The summed E-state index contributed by atoms with van der Waals surface area (Å²) >= 11 is 1.75. The van der Waals surface area contributed by atoms with E-state index in [1.54, 1.807) is 23.7 Å². The Labute approximate surface area is 99.6 Å². The van der Waals surface area contributed by atoms with Crippen molar-refractivity contribution in [2.75, 3.05) is 24.4 Å². The van der Waals surface area contributed by atoms with Crippen LogP contribution in [0.2, 0.25) is 0 Å². The normalized spacial score (nSPS) is 16.0. The summed E-state index contributed by atoms with van der Waals surface area (Å²) in [5, 5.41) is 1.51. The maximum atomic E-state index is 11.8. The van der Waals surface area contributed by atoms with Crippen LogP contribution in [0.4, 0.5) is 10.5 Å². The van der Waals surface area contributed by atoms with Crippen LogP contribution in [0.15, 0.2) is 29.2 Å². The number of thioether (sulfide) groups is 1. The van der Waals surface area contributed by atoms with Crippen LogP contribution >= 0.6 is 11.8 Å². The molecule has 16 heavy (non-hydrogen) atoms. The highest BCUT2D eigenvalue weighted by Crippen LogP contribution is 2.30. The van der Waals surface area contributed by atoms with Crippen molar-refractivity contribution in [2.24, 2.45) is 0 Å². The zero-order valence-corrected chi connectivity index (χ0v) is 10.3. The van der Waals surface area contributed by atoms with Crippen LogP contribution in [0.1, 0.15) is 6.92 Å². The SMILES string of the molecule is CCSc1ccccc1N1CNN(C)C1=O. The monoisotopic (exact) mass is 237 g/mol. The van der Waals surface area contributed by atoms with Gasteiger partial charge in [-0.15, -0.1) is 11.8 Å². The lowest BCUT2D eigenvalue weighted by Crippen LogP contribution is -2.31. The van der Waals surface area contributed by atoms with E-state index in [9.17, 15) is 4.79 Å². The third-order valence-corrected chi connectivity index (χ3v) is 3.38. The molecule has 2 amide bonds. The summed E-state index contributed by atoms with van der Waals surface area (Å²) in [5.41, 5.74) is 3.97. The molecule has 1 N–H and O–H groups in total. The van der Waals surface area contributed by atoms with Gasteiger partial charge in [0, 0.05) is 11.9 Å². The predicted molar refractivity (Wildman–Crippen MR) is 66.5 cm³/mol. The van der Waals surface area contributed by atoms with Crippen molar-refractivity contribution in [3.8, 4) is 0 Å². The molecule has 0 radical (unpaired) electrons. The average Bonchev–Trinajstić information content (AvgIpc) is 2.61. The molecule has 0 saturated carbocycles. The predicted octanol–water partition coefficient (Wildman–Crippen LogP) is 2.13. The molecule has 0 aliphatic carbocycles. The van der Waals surface area contributed by atoms with Crippen LogP contribution < -0.4 is 10.3 Å². The third kappa shape index (κ3) is 2.01. The molecule has 86 valence electrons. The number of anilines is 1. The van der Waals surface area contributed by atoms with Crippen LogP contribution in [-0.4, -0.2) is 30.5 Å². The zero-order chi connectivity index (χ0) is 11.5. The number of carbonyl (C=O) groups is 1. The lowest BCUT2D eigenvalue weighted by atomic mass is 10.3. The van der Waals surface area contributed by atoms with E-state index < -0.39 is 0 Å². The van der Waals surface area contributed by atoms with Gasteiger partial charge in [-0.05, 0) is 17.9 Å². The van der Waals surface area contributed by atoms with E-state index in [0.717, 1.165) is 16.3 Å². The molecule has 0 unspecified atom stereocenters. The summed E-state index contributed by atoms with van der Waals surface area (Å²) in [7, 11) is 1.73. The minimum absolute atomic E-state index is 0.0100. The second kappa shape index (κ2) is 4.76. The van der Waals surface area contributed by atoms with Crippen LogP contribution in [0.25, 0.3) is 0 Å². The van der Waals surface area contributed by atoms with Crippen LogP contribution in [0.3, 0.4) is 0 Å². The van der Waals surface area contributed by atoms with Gasteiger partial charge in [-0.3, -0.25) is 9.91 Å². The van der Waals surface area contributed by atoms with E-state index in [-0.39, 0.29) is 6.03 Å². The maximum absolute atomic E-state index is 11.8. The number of hydrogen-bond donors (Lipinski definition) is 1. The van der Waals surface area contributed by atoms with E-state index in [2.05, 4.69) is 18.4 Å². The molecule has 1 aromatic carbocycles. The zero-order valence-electron chi connectivity index (χ0n) is 9.43. The van der Waals surface area contributed by atoms with Gasteiger partial charge in [0.1, 0.15) is 0 Å². The van der Waals surface area contributed by atoms with Crippen LogP contribution in [0, 0.1) is 0 Å². The first-order valence-corrected chi connectivity index (χ1v) is 6.23. The largest absolute Gasteiger partial charge is 0.339 e. The van der Waals surface area contributed by atoms with E-state index in [1.807, 2.05) is 18.2 Å². The first-order valence-electron chi connectivity index (χ1n) is 5.24. The second-order valence-electron chi connectivity index (χ2n) is 3.49. The molecule has 1 aliphatic rings. The van der Waals surface area contributed by atoms with Gasteiger partial charge in [-0.2, -0.15) is 0 Å². The smallest absolute Gasteiger partial charge is 0.277 e. The highest BCUT2D eigenvalue weighted by Gasteiger charge is 2.27. The molecule has 1 aliphatic heterocycles. The Morgan fingerprint density at radius 3 is 2.81 bits per heavy atom. The lowest BCUT2D eigenvalue weighted by Gasteiger charge is -2.17. The molecule has 1 aromatic rings. The lowest BCUT2D eigenvalue weighted by molar-refractivity contribution is 0.217. The quantitative estimate of drug-likeness (QED) is 0.818. The highest BCUT2D eigenvalue weighted by atomic mass is 32.2. The number of urea groups is 1. The van der Waals surface area contributed by atoms with E-state index in [4.69, 9.17) is 0 Å². The van der Waals surface area contributed by atoms with Gasteiger partial charge >= 0.3 is 6.03 Å². The number of hydrogen-bond acceptors (Lipinski definition) is 3. The number of hydrazine groups is 1. The number of nitrogens with zero attached hydrogens (tertiary/aromatic N) is 2. The van der Waals surface area contributed by atoms with E-state index >= 15 is 0 Å². The van der Waals surface area contributed by atoms with Crippen molar-refractivity contribution in [2.45, 2.75) is 11.8 Å². The molecule has 0 bridgehead atoms. The van der Waals surface area contributed by atoms with Gasteiger partial charge in [0.05, 0.1) is 12.4 Å². The van der Waals surface area contributed by atoms with Gasteiger partial charge in [0.25, 0.3) is 0 Å². The van der Waals surface area contributed by atoms with Gasteiger partial charge in [0.15, 0.2) is 0 Å². The molecule has 0 aromatic heterocycles. The standard InChI is InChI=1S/C11H15N3OS/c1-3-16-10-7-5-4-6-9(10)14-8-12-13(2)11(14)15/h4-7,12H,3,8H2,1-2H3. The number of rotatable bonds is 3. The fraction of sp³-hybridized carbons (Fsp3) is 0.364. The Morgan fingerprint density at radius 2 is 2.19 bits per heavy atom. The molecule has 1 saturated heterocycles. The minimum atomic E-state index is -0.0100. The molecule has 4 nitrogen and oxygen atoms in total. The van der Waals surface area contributed by atoms with Crippen molar-refractivity contribution in [1.29, 1.82) is 0 Å². The number of nitrogens with one attached hydrogen (secondary N) is 1. The van der Waals surface area contributed by atoms with Crippen LogP contribution in [0.5, 0.6) is 0 Å². The summed E-state index contributed by atoms with van der Waals surface area (Å²) in [6.45, 7) is 2.65. The Kier molecular flexibility index (Phi) is 3.36. The summed E-state index contributed by atoms with van der Waals surface area (Å²) in [6.07, 6.45) is 0. The topological polar surface area (TPSA) is 35.6 Å². The van der Waals surface area contributed by atoms with Crippen molar-refractivity contribution < 1.29 is 4.79 Å². The number of amides is 2. The second-order valence-corrected chi connectivity index (χ2v) is 4.79. The molecule has 5 heteroatoms. The van der Waals surface area contributed by atoms with E-state index in [1.165, 1.54) is 5.01 Å². The van der Waals surface area contributed by atoms with Crippen molar-refractivity contribution in [1.82, 2.24) is 10.4 Å². The summed E-state index contributed by atoms with van der Waals surface area (Å²) in [6, 6.07) is 7.98. The van der Waals surface area contributed by atoms with Gasteiger partial charge < -0.3 is 0 Å². The van der Waals surface area contributed by atoms with Gasteiger partial charge in [0.2, 0.25) is 0 Å². The Bertz CT molecular complexity index is 397. The number of benzene rings is 1. The van der Waals surface area contributed by atoms with Gasteiger partial charge in [-0.1, -0.05) is 19.1 Å². The van der Waals surface area contributed by atoms with Gasteiger partial charge in [-0.25, -0.2) is 10.2 Å². The molecule has 0 spiro atoms. The molecule has 1 fully saturated rings. The van der Waals surface area contributed by atoms with Crippen molar-refractivity contribution >= 4 is 23.5 Å². The average molecular weight is 237 g/mol.